The van der Waals surface area contributed by atoms with Crippen LogP contribution < -0.4 is 4.90 Å². The van der Waals surface area contributed by atoms with Gasteiger partial charge in [0.1, 0.15) is 11.9 Å². The van der Waals surface area contributed by atoms with Crippen LogP contribution in [0.25, 0.3) is 11.6 Å². The number of rotatable bonds is 4. The summed E-state index contributed by atoms with van der Waals surface area (Å²) < 4.78 is 1.77. The number of nitrogens with zero attached hydrogens (tertiary/aromatic N) is 3. The fourth-order valence-electron chi connectivity index (χ4n) is 3.19. The molecule has 1 fully saturated rings. The highest BCUT2D eigenvalue weighted by molar-refractivity contribution is 6.07. The fraction of sp³-hybridized carbons (Fsp3) is 0.286. The lowest BCUT2D eigenvalue weighted by molar-refractivity contribution is -0.125. The van der Waals surface area contributed by atoms with Crippen molar-refractivity contribution < 1.29 is 9.90 Å². The average molecular weight is 364 g/mol. The van der Waals surface area contributed by atoms with Crippen molar-refractivity contribution in [1.82, 2.24) is 9.78 Å². The van der Waals surface area contributed by atoms with Crippen LogP contribution in [0.3, 0.4) is 0 Å². The third kappa shape index (κ3) is 3.90. The predicted molar refractivity (Wildman–Crippen MR) is 108 cm³/mol. The van der Waals surface area contributed by atoms with Gasteiger partial charge in [-0.05, 0) is 54.3 Å². The molecule has 2 heterocycles. The number of piperidine rings is 1. The van der Waals surface area contributed by atoms with Gasteiger partial charge in [-0.2, -0.15) is 5.10 Å². The molecule has 1 aliphatic heterocycles. The molecule has 2 N–H and O–H groups in total. The quantitative estimate of drug-likeness (QED) is 0.818. The van der Waals surface area contributed by atoms with Gasteiger partial charge in [-0.25, -0.2) is 0 Å². The highest BCUT2D eigenvalue weighted by Gasteiger charge is 2.29. The van der Waals surface area contributed by atoms with Gasteiger partial charge in [-0.15, -0.1) is 0 Å². The lowest BCUT2D eigenvalue weighted by Crippen LogP contribution is -2.47. The zero-order valence-corrected chi connectivity index (χ0v) is 15.9. The van der Waals surface area contributed by atoms with Crippen LogP contribution in [0.2, 0.25) is 0 Å². The van der Waals surface area contributed by atoms with Crippen molar-refractivity contribution in [3.8, 4) is 0 Å². The van der Waals surface area contributed by atoms with Gasteiger partial charge in [0.2, 0.25) is 0 Å². The molecule has 6 heteroatoms. The third-order valence-electron chi connectivity index (χ3n) is 4.77. The topological polar surface area (TPSA) is 82.2 Å². The van der Waals surface area contributed by atoms with E-state index in [1.54, 1.807) is 9.58 Å². The maximum absolute atomic E-state index is 11.9. The standard InChI is InChI=1S/C21H24N4O2/c1-13-5-7-16(25-12-20(27)19(26)10-21(25)22)9-17(13)14(2)6-8-18-15(3)11-24(4)23-18/h5-9,11,19,22,26H,2,10,12H2,1,3-4H3. The van der Waals surface area contributed by atoms with Crippen LogP contribution >= 0.6 is 0 Å². The summed E-state index contributed by atoms with van der Waals surface area (Å²) in [6, 6.07) is 5.78. The summed E-state index contributed by atoms with van der Waals surface area (Å²) in [6.45, 7) is 8.19. The summed E-state index contributed by atoms with van der Waals surface area (Å²) in [5.41, 5.74) is 5.57. The number of hydrogen-bond acceptors (Lipinski definition) is 4. The molecule has 0 bridgehead atoms. The number of carbonyl (C=O) groups excluding carboxylic acids is 1. The Hall–Kier alpha value is -2.99. The van der Waals surface area contributed by atoms with E-state index in [0.29, 0.717) is 0 Å². The SMILES string of the molecule is C=C(C=Cc1nn(C)cc1C)c1cc(N2CC(=O)C(O)CC2=N)ccc1C. The molecule has 1 unspecified atom stereocenters. The number of anilines is 1. The molecule has 0 spiro atoms. The number of benzene rings is 1. The Labute approximate surface area is 158 Å². The highest BCUT2D eigenvalue weighted by atomic mass is 16.3. The van der Waals surface area contributed by atoms with Crippen LogP contribution in [0.15, 0.2) is 37.1 Å². The first-order valence-electron chi connectivity index (χ1n) is 8.80. The molecule has 6 nitrogen and oxygen atoms in total. The molecule has 27 heavy (non-hydrogen) atoms. The van der Waals surface area contributed by atoms with Gasteiger partial charge in [0.05, 0.1) is 12.2 Å². The number of nitrogens with one attached hydrogen (secondary N) is 1. The minimum atomic E-state index is -1.07. The van der Waals surface area contributed by atoms with E-state index >= 15 is 0 Å². The Morgan fingerprint density at radius 1 is 1.37 bits per heavy atom. The Kier molecular flexibility index (Phi) is 5.10. The molecule has 1 aromatic carbocycles. The molecule has 3 rings (SSSR count). The molecule has 0 saturated carbocycles. The normalized spacial score (nSPS) is 17.8. The first kappa shape index (κ1) is 18.8. The number of ketones is 1. The number of aliphatic hydroxyl groups is 1. The highest BCUT2D eigenvalue weighted by Crippen LogP contribution is 2.27. The van der Waals surface area contributed by atoms with Gasteiger partial charge in [-0.3, -0.25) is 14.9 Å². The Balaban J connectivity index is 1.87. The summed E-state index contributed by atoms with van der Waals surface area (Å²) in [4.78, 5) is 13.5. The molecule has 0 radical (unpaired) electrons. The largest absolute Gasteiger partial charge is 0.385 e. The van der Waals surface area contributed by atoms with E-state index in [-0.39, 0.29) is 24.6 Å². The monoisotopic (exact) mass is 364 g/mol. The second-order valence-corrected chi connectivity index (χ2v) is 6.95. The number of allylic oxidation sites excluding steroid dienone is 2. The number of hydrogen-bond donors (Lipinski definition) is 2. The van der Waals surface area contributed by atoms with Crippen molar-refractivity contribution in [3.05, 3.63) is 59.4 Å². The van der Waals surface area contributed by atoms with Gasteiger partial charge in [-0.1, -0.05) is 18.7 Å². The number of aryl methyl sites for hydroxylation is 3. The van der Waals surface area contributed by atoms with E-state index < -0.39 is 6.10 Å². The molecule has 1 saturated heterocycles. The lowest BCUT2D eigenvalue weighted by Gasteiger charge is -2.31. The van der Waals surface area contributed by atoms with E-state index in [4.69, 9.17) is 5.41 Å². The number of carbonyl (C=O) groups is 1. The minimum Gasteiger partial charge on any atom is -0.385 e. The summed E-state index contributed by atoms with van der Waals surface area (Å²) in [7, 11) is 1.89. The van der Waals surface area contributed by atoms with Crippen LogP contribution in [0, 0.1) is 19.3 Å². The molecular weight excluding hydrogens is 340 g/mol. The molecule has 1 atom stereocenters. The van der Waals surface area contributed by atoms with Crippen molar-refractivity contribution in [2.75, 3.05) is 11.4 Å². The Morgan fingerprint density at radius 3 is 2.78 bits per heavy atom. The van der Waals surface area contributed by atoms with Crippen LogP contribution in [0.5, 0.6) is 0 Å². The zero-order valence-electron chi connectivity index (χ0n) is 15.9. The maximum Gasteiger partial charge on any atom is 0.181 e. The van der Waals surface area contributed by atoms with Crippen molar-refractivity contribution in [1.29, 1.82) is 5.41 Å². The molecule has 1 aromatic heterocycles. The second-order valence-electron chi connectivity index (χ2n) is 6.95. The lowest BCUT2D eigenvalue weighted by atomic mass is 9.98. The van der Waals surface area contributed by atoms with Gasteiger partial charge in [0, 0.05) is 25.4 Å². The van der Waals surface area contributed by atoms with Gasteiger partial charge in [0.25, 0.3) is 0 Å². The molecule has 140 valence electrons. The Morgan fingerprint density at radius 2 is 2.11 bits per heavy atom. The van der Waals surface area contributed by atoms with Gasteiger partial charge >= 0.3 is 0 Å². The Bertz CT molecular complexity index is 955. The number of aromatic nitrogens is 2. The van der Waals surface area contributed by atoms with Crippen LogP contribution in [0.4, 0.5) is 5.69 Å². The molecule has 1 aliphatic rings. The van der Waals surface area contributed by atoms with Crippen LogP contribution in [0.1, 0.15) is 28.8 Å². The number of amidine groups is 1. The fourth-order valence-corrected chi connectivity index (χ4v) is 3.19. The summed E-state index contributed by atoms with van der Waals surface area (Å²) in [5.74, 6) is -0.0281. The molecule has 0 amide bonds. The van der Waals surface area contributed by atoms with Crippen molar-refractivity contribution in [2.24, 2.45) is 7.05 Å². The van der Waals surface area contributed by atoms with E-state index in [0.717, 1.165) is 33.6 Å². The molecular formula is C21H24N4O2. The van der Waals surface area contributed by atoms with E-state index in [1.165, 1.54) is 0 Å². The third-order valence-corrected chi connectivity index (χ3v) is 4.77. The van der Waals surface area contributed by atoms with Gasteiger partial charge in [0.15, 0.2) is 5.78 Å². The van der Waals surface area contributed by atoms with Crippen molar-refractivity contribution in [2.45, 2.75) is 26.4 Å². The zero-order chi connectivity index (χ0) is 19.7. The maximum atomic E-state index is 11.9. The van der Waals surface area contributed by atoms with Crippen LogP contribution in [-0.2, 0) is 11.8 Å². The summed E-state index contributed by atoms with van der Waals surface area (Å²) in [6.07, 6.45) is 4.80. The number of aliphatic hydroxyl groups excluding tert-OH is 1. The van der Waals surface area contributed by atoms with E-state index in [1.807, 2.05) is 57.4 Å². The average Bonchev–Trinajstić information content (AvgIpc) is 2.94. The minimum absolute atomic E-state index is 0.0119. The summed E-state index contributed by atoms with van der Waals surface area (Å²) in [5, 5.41) is 22.2. The van der Waals surface area contributed by atoms with E-state index in [2.05, 4.69) is 11.7 Å². The smallest absolute Gasteiger partial charge is 0.181 e. The predicted octanol–water partition coefficient (Wildman–Crippen LogP) is 2.88. The van der Waals surface area contributed by atoms with Gasteiger partial charge < -0.3 is 10.0 Å². The first-order chi connectivity index (χ1) is 12.8. The molecule has 0 aliphatic carbocycles. The van der Waals surface area contributed by atoms with E-state index in [9.17, 15) is 9.90 Å². The van der Waals surface area contributed by atoms with Crippen molar-refractivity contribution in [3.63, 3.8) is 0 Å². The van der Waals surface area contributed by atoms with Crippen LogP contribution in [-0.4, -0.2) is 39.2 Å². The number of Topliss-reactive ketones (excluding diaryl/α,β-unsaturated/α-hetero) is 1. The van der Waals surface area contributed by atoms with Crippen molar-refractivity contribution >= 4 is 29.0 Å². The first-order valence-corrected chi connectivity index (χ1v) is 8.80. The summed E-state index contributed by atoms with van der Waals surface area (Å²) >= 11 is 0. The molecule has 2 aromatic rings. The second kappa shape index (κ2) is 7.32.